The lowest BCUT2D eigenvalue weighted by Gasteiger charge is -2.03. The van der Waals surface area contributed by atoms with Gasteiger partial charge in [-0.25, -0.2) is 4.79 Å². The zero-order chi connectivity index (χ0) is 17.8. The van der Waals surface area contributed by atoms with Crippen LogP contribution in [-0.4, -0.2) is 19.0 Å². The molecule has 2 aromatic rings. The van der Waals surface area contributed by atoms with Gasteiger partial charge in [-0.1, -0.05) is 12.1 Å². The molecule has 0 saturated carbocycles. The van der Waals surface area contributed by atoms with Crippen molar-refractivity contribution in [2.24, 2.45) is 0 Å². The molecule has 0 saturated heterocycles. The molecule has 25 heavy (non-hydrogen) atoms. The molecule has 1 aliphatic heterocycles. The van der Waals surface area contributed by atoms with Crippen LogP contribution < -0.4 is 9.47 Å². The van der Waals surface area contributed by atoms with Gasteiger partial charge in [-0.2, -0.15) is 0 Å². The number of esters is 2. The Balaban J connectivity index is 1.81. The van der Waals surface area contributed by atoms with E-state index < -0.39 is 5.97 Å². The molecule has 126 valence electrons. The second kappa shape index (κ2) is 7.05. The van der Waals surface area contributed by atoms with Crippen molar-refractivity contribution >= 4 is 23.8 Å². The van der Waals surface area contributed by atoms with E-state index in [0.717, 1.165) is 16.9 Å². The Morgan fingerprint density at radius 1 is 1.00 bits per heavy atom. The molecule has 0 N–H and O–H groups in total. The highest BCUT2D eigenvalue weighted by molar-refractivity contribution is 6.05. The molecule has 0 spiro atoms. The van der Waals surface area contributed by atoms with E-state index >= 15 is 0 Å². The zero-order valence-electron chi connectivity index (χ0n) is 13.8. The average molecular weight is 336 g/mol. The van der Waals surface area contributed by atoms with Crippen molar-refractivity contribution < 1.29 is 23.8 Å². The van der Waals surface area contributed by atoms with Crippen molar-refractivity contribution in [3.05, 3.63) is 71.3 Å². The molecule has 1 heterocycles. The van der Waals surface area contributed by atoms with Crippen molar-refractivity contribution in [2.45, 2.75) is 6.92 Å². The summed E-state index contributed by atoms with van der Waals surface area (Å²) in [6.07, 6.45) is 3.42. The number of benzene rings is 2. The van der Waals surface area contributed by atoms with Crippen molar-refractivity contribution in [1.29, 1.82) is 0 Å². The average Bonchev–Trinajstić information content (AvgIpc) is 2.97. The van der Waals surface area contributed by atoms with Crippen LogP contribution in [0.4, 0.5) is 0 Å². The smallest absolute Gasteiger partial charge is 0.343 e. The summed E-state index contributed by atoms with van der Waals surface area (Å²) in [5, 5.41) is 0. The minimum absolute atomic E-state index is 0.377. The van der Waals surface area contributed by atoms with Gasteiger partial charge in [-0.15, -0.1) is 0 Å². The van der Waals surface area contributed by atoms with Crippen LogP contribution in [0.1, 0.15) is 18.1 Å². The van der Waals surface area contributed by atoms with Crippen LogP contribution in [0.25, 0.3) is 11.8 Å². The summed E-state index contributed by atoms with van der Waals surface area (Å²) in [5.41, 5.74) is 2.05. The lowest BCUT2D eigenvalue weighted by molar-refractivity contribution is -0.132. The molecular weight excluding hydrogens is 320 g/mol. The fourth-order valence-electron chi connectivity index (χ4n) is 2.36. The Morgan fingerprint density at radius 2 is 1.64 bits per heavy atom. The molecule has 5 heteroatoms. The maximum atomic E-state index is 12.1. The third-order valence-electron chi connectivity index (χ3n) is 3.56. The summed E-state index contributed by atoms with van der Waals surface area (Å²) in [6, 6.07) is 14.1. The molecule has 0 fully saturated rings. The van der Waals surface area contributed by atoms with E-state index in [9.17, 15) is 9.59 Å². The molecule has 2 aromatic carbocycles. The minimum Gasteiger partial charge on any atom is -0.497 e. The van der Waals surface area contributed by atoms with E-state index in [1.165, 1.54) is 6.92 Å². The maximum absolute atomic E-state index is 12.1. The van der Waals surface area contributed by atoms with Gasteiger partial charge in [0.2, 0.25) is 0 Å². The summed E-state index contributed by atoms with van der Waals surface area (Å²) in [5.74, 6) is 0.901. The number of carbonyl (C=O) groups excluding carboxylic acids is 2. The lowest BCUT2D eigenvalue weighted by atomic mass is 10.1. The molecule has 1 aliphatic rings. The second-order valence-corrected chi connectivity index (χ2v) is 5.39. The zero-order valence-corrected chi connectivity index (χ0v) is 13.8. The predicted molar refractivity (Wildman–Crippen MR) is 92.8 cm³/mol. The molecule has 3 rings (SSSR count). The number of cyclic esters (lactones) is 1. The monoisotopic (exact) mass is 336 g/mol. The summed E-state index contributed by atoms with van der Waals surface area (Å²) in [6.45, 7) is 1.34. The topological polar surface area (TPSA) is 61.8 Å². The Morgan fingerprint density at radius 3 is 2.24 bits per heavy atom. The van der Waals surface area contributed by atoms with Crippen LogP contribution in [0.3, 0.4) is 0 Å². The van der Waals surface area contributed by atoms with Gasteiger partial charge in [0.25, 0.3) is 0 Å². The van der Waals surface area contributed by atoms with Crippen LogP contribution in [-0.2, 0) is 14.3 Å². The highest BCUT2D eigenvalue weighted by Gasteiger charge is 2.21. The molecule has 0 aliphatic carbocycles. The van der Waals surface area contributed by atoms with Crippen LogP contribution >= 0.6 is 0 Å². The van der Waals surface area contributed by atoms with Gasteiger partial charge in [0.1, 0.15) is 17.3 Å². The standard InChI is InChI=1S/C20H16O5/c1-13(21)24-18-7-3-14(4-8-18)11-16-12-19(25-20(16)22)15-5-9-17(23-2)10-6-15/h3-12H,1-2H3/b16-11+. The van der Waals surface area contributed by atoms with Gasteiger partial charge >= 0.3 is 11.9 Å². The van der Waals surface area contributed by atoms with E-state index in [2.05, 4.69) is 0 Å². The van der Waals surface area contributed by atoms with Crippen molar-refractivity contribution in [3.63, 3.8) is 0 Å². The number of hydrogen-bond donors (Lipinski definition) is 0. The number of rotatable bonds is 4. The van der Waals surface area contributed by atoms with Gasteiger partial charge in [0.15, 0.2) is 0 Å². The molecule has 0 unspecified atom stereocenters. The summed E-state index contributed by atoms with van der Waals surface area (Å²) >= 11 is 0. The molecular formula is C20H16O5. The second-order valence-electron chi connectivity index (χ2n) is 5.39. The molecule has 0 amide bonds. The van der Waals surface area contributed by atoms with Gasteiger partial charge in [-0.05, 0) is 54.1 Å². The molecule has 5 nitrogen and oxygen atoms in total. The number of ether oxygens (including phenoxy) is 3. The number of hydrogen-bond acceptors (Lipinski definition) is 5. The summed E-state index contributed by atoms with van der Waals surface area (Å²) in [7, 11) is 1.59. The first-order chi connectivity index (χ1) is 12.0. The quantitative estimate of drug-likeness (QED) is 0.485. The van der Waals surface area contributed by atoms with Crippen LogP contribution in [0, 0.1) is 0 Å². The first-order valence-corrected chi connectivity index (χ1v) is 7.63. The molecule has 0 radical (unpaired) electrons. The predicted octanol–water partition coefficient (Wildman–Crippen LogP) is 3.60. The maximum Gasteiger partial charge on any atom is 0.343 e. The summed E-state index contributed by atoms with van der Waals surface area (Å²) in [4.78, 5) is 23.0. The highest BCUT2D eigenvalue weighted by atomic mass is 16.5. The van der Waals surface area contributed by atoms with E-state index in [4.69, 9.17) is 14.2 Å². The van der Waals surface area contributed by atoms with Crippen LogP contribution in [0.15, 0.2) is 60.2 Å². The van der Waals surface area contributed by atoms with Crippen molar-refractivity contribution in [2.75, 3.05) is 7.11 Å². The largest absolute Gasteiger partial charge is 0.497 e. The van der Waals surface area contributed by atoms with Crippen molar-refractivity contribution in [1.82, 2.24) is 0 Å². The molecule has 0 bridgehead atoms. The van der Waals surface area contributed by atoms with Gasteiger partial charge in [0, 0.05) is 12.5 Å². The first kappa shape index (κ1) is 16.5. The van der Waals surface area contributed by atoms with Crippen LogP contribution in [0.5, 0.6) is 11.5 Å². The fraction of sp³-hybridized carbons (Fsp3) is 0.100. The minimum atomic E-state index is -0.408. The normalized spacial score (nSPS) is 14.9. The van der Waals surface area contributed by atoms with E-state index in [-0.39, 0.29) is 5.97 Å². The Hall–Kier alpha value is -3.34. The van der Waals surface area contributed by atoms with E-state index in [1.54, 1.807) is 55.7 Å². The Kier molecular flexibility index (Phi) is 4.66. The number of methoxy groups -OCH3 is 1. The van der Waals surface area contributed by atoms with Crippen LogP contribution in [0.2, 0.25) is 0 Å². The van der Waals surface area contributed by atoms with Gasteiger partial charge < -0.3 is 14.2 Å². The SMILES string of the molecule is COc1ccc(C2=C/C(=C\c3ccc(OC(C)=O)cc3)C(=O)O2)cc1. The Bertz CT molecular complexity index is 858. The van der Waals surface area contributed by atoms with Crippen molar-refractivity contribution in [3.8, 4) is 11.5 Å². The van der Waals surface area contributed by atoms with Gasteiger partial charge in [-0.3, -0.25) is 4.79 Å². The number of carbonyl (C=O) groups is 2. The van der Waals surface area contributed by atoms with E-state index in [1.807, 2.05) is 12.1 Å². The third kappa shape index (κ3) is 3.95. The summed E-state index contributed by atoms with van der Waals surface area (Å²) < 4.78 is 15.4. The Labute approximate surface area is 145 Å². The van der Waals surface area contributed by atoms with Gasteiger partial charge in [0.05, 0.1) is 12.7 Å². The highest BCUT2D eigenvalue weighted by Crippen LogP contribution is 2.28. The molecule has 0 aromatic heterocycles. The van der Waals surface area contributed by atoms with E-state index in [0.29, 0.717) is 17.1 Å². The first-order valence-electron chi connectivity index (χ1n) is 7.63. The fourth-order valence-corrected chi connectivity index (χ4v) is 2.36. The third-order valence-corrected chi connectivity index (χ3v) is 3.56. The lowest BCUT2D eigenvalue weighted by Crippen LogP contribution is -2.01. The molecule has 0 atom stereocenters.